The maximum absolute atomic E-state index is 8.76. The quantitative estimate of drug-likeness (QED) is 0.498. The Balaban J connectivity index is 2.03. The van der Waals surface area contributed by atoms with E-state index in [0.717, 1.165) is 19.5 Å². The molecule has 4 nitrogen and oxygen atoms in total. The molecule has 3 N–H and O–H groups in total. The number of unbranched alkanes of at least 4 members (excludes halogenated alkanes) is 1. The maximum Gasteiger partial charge on any atom is 0.164 e. The molecule has 0 spiro atoms. The maximum atomic E-state index is 8.76. The second-order valence-electron chi connectivity index (χ2n) is 3.04. The van der Waals surface area contributed by atoms with Crippen LogP contribution in [0, 0.1) is 0 Å². The Morgan fingerprint density at radius 2 is 2.50 bits per heavy atom. The second-order valence-corrected chi connectivity index (χ2v) is 3.04. The van der Waals surface area contributed by atoms with Crippen LogP contribution in [0.5, 0.6) is 0 Å². The molecule has 1 aliphatic heterocycles. The highest BCUT2D eigenvalue weighted by Crippen LogP contribution is 2.01. The van der Waals surface area contributed by atoms with E-state index in [4.69, 9.17) is 9.84 Å². The van der Waals surface area contributed by atoms with Gasteiger partial charge in [0.2, 0.25) is 0 Å². The zero-order valence-electron chi connectivity index (χ0n) is 7.55. The van der Waals surface area contributed by atoms with Gasteiger partial charge < -0.3 is 9.84 Å². The van der Waals surface area contributed by atoms with E-state index >= 15 is 0 Å². The first-order chi connectivity index (χ1) is 5.86. The summed E-state index contributed by atoms with van der Waals surface area (Å²) in [6, 6.07) is 0. The van der Waals surface area contributed by atoms with Crippen molar-refractivity contribution in [3.05, 3.63) is 0 Å². The van der Waals surface area contributed by atoms with E-state index in [1.807, 2.05) is 0 Å². The Kier molecular flexibility index (Phi) is 4.53. The van der Waals surface area contributed by atoms with E-state index in [2.05, 4.69) is 17.6 Å². The van der Waals surface area contributed by atoms with Crippen molar-refractivity contribution in [3.8, 4) is 0 Å². The highest BCUT2D eigenvalue weighted by Gasteiger charge is 2.22. The van der Waals surface area contributed by atoms with Crippen molar-refractivity contribution in [2.75, 3.05) is 19.7 Å². The van der Waals surface area contributed by atoms with Gasteiger partial charge in [-0.25, -0.2) is 0 Å². The molecule has 12 heavy (non-hydrogen) atoms. The van der Waals surface area contributed by atoms with Gasteiger partial charge in [0.15, 0.2) is 6.35 Å². The van der Waals surface area contributed by atoms with Crippen molar-refractivity contribution < 1.29 is 9.84 Å². The van der Waals surface area contributed by atoms with Crippen LogP contribution in [0.25, 0.3) is 0 Å². The first-order valence-corrected chi connectivity index (χ1v) is 4.60. The number of aliphatic hydroxyl groups is 1. The first kappa shape index (κ1) is 9.92. The minimum atomic E-state index is -0.0614. The Labute approximate surface area is 73.3 Å². The minimum absolute atomic E-state index is 0.0378. The van der Waals surface area contributed by atoms with Gasteiger partial charge in [0.1, 0.15) is 0 Å². The molecule has 0 radical (unpaired) electrons. The van der Waals surface area contributed by atoms with E-state index < -0.39 is 0 Å². The summed E-state index contributed by atoms with van der Waals surface area (Å²) in [6.07, 6.45) is 2.24. The van der Waals surface area contributed by atoms with Crippen molar-refractivity contribution in [1.82, 2.24) is 10.6 Å². The molecule has 2 unspecified atom stereocenters. The molecule has 1 saturated heterocycles. The van der Waals surface area contributed by atoms with Gasteiger partial charge in [0.25, 0.3) is 0 Å². The van der Waals surface area contributed by atoms with Crippen LogP contribution in [0.1, 0.15) is 19.8 Å². The molecule has 2 atom stereocenters. The molecular weight excluding hydrogens is 156 g/mol. The Bertz CT molecular complexity index is 122. The molecule has 0 aliphatic carbocycles. The van der Waals surface area contributed by atoms with Crippen LogP contribution in [0.4, 0.5) is 0 Å². The molecule has 0 amide bonds. The Morgan fingerprint density at radius 1 is 1.67 bits per heavy atom. The molecule has 1 rings (SSSR count). The number of hydrogen-bond donors (Lipinski definition) is 3. The summed E-state index contributed by atoms with van der Waals surface area (Å²) in [6.45, 7) is 3.95. The molecule has 0 aromatic carbocycles. The average molecular weight is 174 g/mol. The van der Waals surface area contributed by atoms with Crippen LogP contribution in [0.3, 0.4) is 0 Å². The lowest BCUT2D eigenvalue weighted by Crippen LogP contribution is -2.38. The molecule has 0 aromatic heterocycles. The van der Waals surface area contributed by atoms with Crippen LogP contribution in [0.2, 0.25) is 0 Å². The normalized spacial score (nSPS) is 29.5. The molecule has 1 aliphatic rings. The van der Waals surface area contributed by atoms with Crippen molar-refractivity contribution in [1.29, 1.82) is 0 Å². The first-order valence-electron chi connectivity index (χ1n) is 4.60. The van der Waals surface area contributed by atoms with Gasteiger partial charge in [-0.2, -0.15) is 0 Å². The van der Waals surface area contributed by atoms with Gasteiger partial charge in [-0.15, -0.1) is 0 Å². The van der Waals surface area contributed by atoms with Crippen LogP contribution in [-0.4, -0.2) is 37.3 Å². The summed E-state index contributed by atoms with van der Waals surface area (Å²) < 4.78 is 5.38. The second kappa shape index (κ2) is 5.48. The lowest BCUT2D eigenvalue weighted by molar-refractivity contribution is -0.00494. The third-order valence-electron chi connectivity index (χ3n) is 1.92. The van der Waals surface area contributed by atoms with Gasteiger partial charge in [0, 0.05) is 6.54 Å². The molecule has 72 valence electrons. The van der Waals surface area contributed by atoms with Gasteiger partial charge >= 0.3 is 0 Å². The fourth-order valence-corrected chi connectivity index (χ4v) is 1.16. The predicted octanol–water partition coefficient (Wildman–Crippen LogP) is -0.360. The smallest absolute Gasteiger partial charge is 0.164 e. The fraction of sp³-hybridized carbons (Fsp3) is 1.00. The third-order valence-corrected chi connectivity index (χ3v) is 1.92. The largest absolute Gasteiger partial charge is 0.394 e. The van der Waals surface area contributed by atoms with E-state index in [9.17, 15) is 0 Å². The average Bonchev–Trinajstić information content (AvgIpc) is 2.53. The number of ether oxygens (including phenoxy) is 1. The lowest BCUT2D eigenvalue weighted by atomic mass is 10.3. The Hall–Kier alpha value is -0.160. The van der Waals surface area contributed by atoms with Crippen LogP contribution >= 0.6 is 0 Å². The third kappa shape index (κ3) is 3.06. The molecule has 0 aromatic rings. The summed E-state index contributed by atoms with van der Waals surface area (Å²) in [5.41, 5.74) is 0. The molecular formula is C8H18N2O2. The number of hydrogen-bond acceptors (Lipinski definition) is 4. The van der Waals surface area contributed by atoms with Gasteiger partial charge in [-0.05, 0) is 13.0 Å². The van der Waals surface area contributed by atoms with Gasteiger partial charge in [-0.3, -0.25) is 10.6 Å². The topological polar surface area (TPSA) is 53.5 Å². The molecule has 4 heteroatoms. The van der Waals surface area contributed by atoms with E-state index in [0.29, 0.717) is 0 Å². The summed E-state index contributed by atoms with van der Waals surface area (Å²) in [5.74, 6) is 0. The highest BCUT2D eigenvalue weighted by molar-refractivity contribution is 4.70. The summed E-state index contributed by atoms with van der Waals surface area (Å²) in [5, 5.41) is 15.1. The van der Waals surface area contributed by atoms with Crippen LogP contribution < -0.4 is 10.6 Å². The molecule has 1 fully saturated rings. The van der Waals surface area contributed by atoms with E-state index in [-0.39, 0.29) is 19.1 Å². The van der Waals surface area contributed by atoms with Crippen molar-refractivity contribution in [3.63, 3.8) is 0 Å². The monoisotopic (exact) mass is 174 g/mol. The predicted molar refractivity (Wildman–Crippen MR) is 46.7 cm³/mol. The number of nitrogens with one attached hydrogen (secondary N) is 2. The van der Waals surface area contributed by atoms with E-state index in [1.165, 1.54) is 6.42 Å². The molecule has 0 saturated carbocycles. The van der Waals surface area contributed by atoms with Crippen LogP contribution in [-0.2, 0) is 4.74 Å². The molecule has 1 heterocycles. The number of aliphatic hydroxyl groups excluding tert-OH is 1. The van der Waals surface area contributed by atoms with Gasteiger partial charge in [-0.1, -0.05) is 13.3 Å². The van der Waals surface area contributed by atoms with Gasteiger partial charge in [0.05, 0.1) is 12.7 Å². The standard InChI is InChI=1S/C8H18N2O2/c1-2-3-4-9-8-10-5-7(6-11)12-8/h7-11H,2-6H2,1H3. The van der Waals surface area contributed by atoms with Crippen molar-refractivity contribution in [2.45, 2.75) is 32.2 Å². The minimum Gasteiger partial charge on any atom is -0.394 e. The zero-order chi connectivity index (χ0) is 8.81. The lowest BCUT2D eigenvalue weighted by Gasteiger charge is -2.12. The van der Waals surface area contributed by atoms with Crippen molar-refractivity contribution >= 4 is 0 Å². The van der Waals surface area contributed by atoms with Crippen LogP contribution in [0.15, 0.2) is 0 Å². The Morgan fingerprint density at radius 3 is 3.08 bits per heavy atom. The summed E-state index contributed by atoms with van der Waals surface area (Å²) in [4.78, 5) is 0. The summed E-state index contributed by atoms with van der Waals surface area (Å²) in [7, 11) is 0. The number of rotatable bonds is 5. The van der Waals surface area contributed by atoms with E-state index in [1.54, 1.807) is 0 Å². The molecule has 0 bridgehead atoms. The SMILES string of the molecule is CCCCNC1NCC(CO)O1. The fourth-order valence-electron chi connectivity index (χ4n) is 1.16. The summed E-state index contributed by atoms with van der Waals surface area (Å²) >= 11 is 0. The highest BCUT2D eigenvalue weighted by atomic mass is 16.5. The van der Waals surface area contributed by atoms with Crippen molar-refractivity contribution in [2.24, 2.45) is 0 Å². The zero-order valence-corrected chi connectivity index (χ0v) is 7.55.